The Morgan fingerprint density at radius 3 is 1.71 bits per heavy atom. The van der Waals surface area contributed by atoms with Crippen LogP contribution in [-0.4, -0.2) is 13.3 Å². The molecule has 31 heavy (non-hydrogen) atoms. The van der Waals surface area contributed by atoms with E-state index in [2.05, 4.69) is 104 Å². The molecule has 0 saturated carbocycles. The molecule has 4 rings (SSSR count). The predicted molar refractivity (Wildman–Crippen MR) is 133 cm³/mol. The summed E-state index contributed by atoms with van der Waals surface area (Å²) in [5.41, 5.74) is 2.69. The number of aryl methyl sites for hydroxylation is 1. The molecule has 0 radical (unpaired) electrons. The minimum absolute atomic E-state index is 0.0858. The number of benzene rings is 4. The van der Waals surface area contributed by atoms with Crippen LogP contribution in [0, 0.1) is 6.92 Å². The molecular weight excluding hydrogens is 402 g/mol. The van der Waals surface area contributed by atoms with Crippen LogP contribution in [0.1, 0.15) is 11.1 Å². The van der Waals surface area contributed by atoms with Crippen LogP contribution in [-0.2, 0) is 6.16 Å². The Labute approximate surface area is 184 Å². The van der Waals surface area contributed by atoms with E-state index in [0.29, 0.717) is 5.75 Å². The van der Waals surface area contributed by atoms with Crippen LogP contribution in [0.4, 0.5) is 4.39 Å². The van der Waals surface area contributed by atoms with Crippen LogP contribution in [0.25, 0.3) is 0 Å². The van der Waals surface area contributed by atoms with Crippen molar-refractivity contribution >= 4 is 23.2 Å². The quantitative estimate of drug-likeness (QED) is 0.332. The van der Waals surface area contributed by atoms with Gasteiger partial charge in [0.05, 0.1) is 0 Å². The monoisotopic (exact) mass is 430 g/mol. The van der Waals surface area contributed by atoms with Gasteiger partial charge < -0.3 is 0 Å². The molecule has 4 aromatic carbocycles. The molecule has 0 heterocycles. The molecule has 0 aromatic heterocycles. The zero-order valence-corrected chi connectivity index (χ0v) is 18.8. The zero-order chi connectivity index (χ0) is 21.5. The van der Waals surface area contributed by atoms with E-state index in [-0.39, 0.29) is 6.61 Å². The minimum atomic E-state index is -2.38. The Hall–Kier alpha value is -2.96. The fourth-order valence-electron chi connectivity index (χ4n) is 4.34. The standard InChI is InChI=1S/C28H28FOP/c1-23-10-8-9-11-24(23)22-31(26-12-4-2-5-13-26,27-14-6-3-7-15-27)28-18-16-25(17-19-28)30-21-20-29/h2-19,31H,20-22H2,1H3. The van der Waals surface area contributed by atoms with E-state index in [4.69, 9.17) is 4.74 Å². The molecule has 1 nitrogen and oxygen atoms in total. The van der Waals surface area contributed by atoms with Gasteiger partial charge in [0, 0.05) is 0 Å². The van der Waals surface area contributed by atoms with E-state index in [1.165, 1.54) is 27.0 Å². The van der Waals surface area contributed by atoms with Crippen LogP contribution in [0.3, 0.4) is 0 Å². The summed E-state index contributed by atoms with van der Waals surface area (Å²) >= 11 is 0. The third-order valence-corrected chi connectivity index (χ3v) is 10.8. The van der Waals surface area contributed by atoms with Gasteiger partial charge in [0.15, 0.2) is 0 Å². The van der Waals surface area contributed by atoms with E-state index < -0.39 is 13.9 Å². The molecule has 0 aliphatic heterocycles. The van der Waals surface area contributed by atoms with E-state index in [9.17, 15) is 4.39 Å². The Morgan fingerprint density at radius 2 is 1.16 bits per heavy atom. The molecule has 3 heteroatoms. The molecule has 0 bridgehead atoms. The van der Waals surface area contributed by atoms with Crippen molar-refractivity contribution < 1.29 is 9.13 Å². The molecule has 0 N–H and O–H groups in total. The summed E-state index contributed by atoms with van der Waals surface area (Å²) in [5.74, 6) is 0.710. The van der Waals surface area contributed by atoms with Gasteiger partial charge in [-0.1, -0.05) is 0 Å². The maximum atomic E-state index is 12.6. The second kappa shape index (κ2) is 9.90. The third-order valence-electron chi connectivity index (χ3n) is 5.94. The second-order valence-electron chi connectivity index (χ2n) is 7.80. The van der Waals surface area contributed by atoms with Gasteiger partial charge in [0.1, 0.15) is 0 Å². The number of halogens is 1. The molecule has 0 fully saturated rings. The number of alkyl halides is 1. The molecular formula is C28H28FOP. The van der Waals surface area contributed by atoms with Gasteiger partial charge in [0.2, 0.25) is 0 Å². The van der Waals surface area contributed by atoms with Gasteiger partial charge in [-0.3, -0.25) is 0 Å². The van der Waals surface area contributed by atoms with Gasteiger partial charge in [-0.15, -0.1) is 0 Å². The zero-order valence-electron chi connectivity index (χ0n) is 17.8. The summed E-state index contributed by atoms with van der Waals surface area (Å²) < 4.78 is 18.1. The van der Waals surface area contributed by atoms with Gasteiger partial charge >= 0.3 is 185 Å². The van der Waals surface area contributed by atoms with Gasteiger partial charge in [-0.25, -0.2) is 0 Å². The van der Waals surface area contributed by atoms with Crippen LogP contribution in [0.5, 0.6) is 5.75 Å². The normalized spacial score (nSPS) is 11.8. The van der Waals surface area contributed by atoms with Gasteiger partial charge in [-0.05, 0) is 0 Å². The summed E-state index contributed by atoms with van der Waals surface area (Å²) in [7, 11) is -2.38. The van der Waals surface area contributed by atoms with Crippen LogP contribution in [0.2, 0.25) is 0 Å². The first-order valence-corrected chi connectivity index (χ1v) is 12.9. The van der Waals surface area contributed by atoms with Crippen molar-refractivity contribution in [3.63, 3.8) is 0 Å². The van der Waals surface area contributed by atoms with Crippen molar-refractivity contribution in [2.75, 3.05) is 13.3 Å². The van der Waals surface area contributed by atoms with E-state index in [1.807, 2.05) is 12.1 Å². The molecule has 0 saturated heterocycles. The summed E-state index contributed by atoms with van der Waals surface area (Å²) in [4.78, 5) is 0. The number of hydrogen-bond acceptors (Lipinski definition) is 1. The molecule has 158 valence electrons. The second-order valence-corrected chi connectivity index (χ2v) is 11.7. The van der Waals surface area contributed by atoms with Crippen LogP contribution >= 0.6 is 7.26 Å². The summed E-state index contributed by atoms with van der Waals surface area (Å²) in [6.07, 6.45) is 0.971. The maximum absolute atomic E-state index is 12.6. The SMILES string of the molecule is Cc1ccccc1C[PH](c1ccccc1)(c1ccccc1)c1ccc(OCCF)cc1. The molecule has 0 atom stereocenters. The summed E-state index contributed by atoms with van der Waals surface area (Å²) in [6.45, 7) is 1.79. The predicted octanol–water partition coefficient (Wildman–Crippen LogP) is 5.57. The van der Waals surface area contributed by atoms with E-state index in [1.54, 1.807) is 0 Å². The van der Waals surface area contributed by atoms with Crippen molar-refractivity contribution in [1.82, 2.24) is 0 Å². The fraction of sp³-hybridized carbons (Fsp3) is 0.143. The molecule has 0 aliphatic rings. The van der Waals surface area contributed by atoms with Crippen LogP contribution in [0.15, 0.2) is 109 Å². The van der Waals surface area contributed by atoms with Crippen molar-refractivity contribution in [3.05, 3.63) is 120 Å². The number of rotatable bonds is 8. The molecule has 4 aromatic rings. The van der Waals surface area contributed by atoms with Crippen molar-refractivity contribution in [2.24, 2.45) is 0 Å². The van der Waals surface area contributed by atoms with Gasteiger partial charge in [-0.2, -0.15) is 0 Å². The van der Waals surface area contributed by atoms with Gasteiger partial charge in [0.25, 0.3) is 0 Å². The Bertz CT molecular complexity index is 1060. The van der Waals surface area contributed by atoms with Crippen molar-refractivity contribution in [3.8, 4) is 5.75 Å². The summed E-state index contributed by atoms with van der Waals surface area (Å²) in [6, 6.07) is 38.8. The topological polar surface area (TPSA) is 9.23 Å². The Kier molecular flexibility index (Phi) is 6.79. The number of hydrogen-bond donors (Lipinski definition) is 0. The van der Waals surface area contributed by atoms with Crippen molar-refractivity contribution in [2.45, 2.75) is 13.1 Å². The Balaban J connectivity index is 1.93. The summed E-state index contributed by atoms with van der Waals surface area (Å²) in [5, 5.41) is 4.07. The first-order chi connectivity index (χ1) is 15.2. The molecule has 0 spiro atoms. The average Bonchev–Trinajstić information content (AvgIpc) is 2.84. The third kappa shape index (κ3) is 4.55. The van der Waals surface area contributed by atoms with Crippen molar-refractivity contribution in [1.29, 1.82) is 0 Å². The average molecular weight is 431 g/mol. The van der Waals surface area contributed by atoms with E-state index >= 15 is 0 Å². The van der Waals surface area contributed by atoms with Crippen LogP contribution < -0.4 is 20.7 Å². The first kappa shape index (κ1) is 21.3. The molecule has 0 aliphatic carbocycles. The molecule has 0 unspecified atom stereocenters. The number of ether oxygens (including phenoxy) is 1. The van der Waals surface area contributed by atoms with E-state index in [0.717, 1.165) is 6.16 Å². The molecule has 0 amide bonds. The fourth-order valence-corrected chi connectivity index (χ4v) is 9.18. The Morgan fingerprint density at radius 1 is 0.645 bits per heavy atom. The first-order valence-electron chi connectivity index (χ1n) is 10.7.